The monoisotopic (exact) mass is 295 g/mol. The Kier molecular flexibility index (Phi) is 3.53. The van der Waals surface area contributed by atoms with Crippen molar-refractivity contribution < 1.29 is 0 Å². The normalized spacial score (nSPS) is 10.4. The van der Waals surface area contributed by atoms with Gasteiger partial charge in [-0.25, -0.2) is 9.48 Å². The van der Waals surface area contributed by atoms with Crippen LogP contribution in [0.15, 0.2) is 44.5 Å². The highest BCUT2D eigenvalue weighted by atomic mass is 79.9. The summed E-state index contributed by atoms with van der Waals surface area (Å²) in [4.78, 5) is 24.7. The van der Waals surface area contributed by atoms with Crippen LogP contribution < -0.4 is 11.2 Å². The van der Waals surface area contributed by atoms with Crippen molar-refractivity contribution in [1.82, 2.24) is 14.8 Å². The molecular formula is C11H10BrN3O2. The lowest BCUT2D eigenvalue weighted by atomic mass is 10.1. The third-order valence-corrected chi connectivity index (χ3v) is 2.82. The number of aromatic amines is 1. The van der Waals surface area contributed by atoms with Crippen LogP contribution in [-0.4, -0.2) is 14.8 Å². The first kappa shape index (κ1) is 11.8. The van der Waals surface area contributed by atoms with Crippen molar-refractivity contribution in [2.75, 3.05) is 0 Å². The maximum Gasteiger partial charge on any atom is 0.344 e. The molecule has 1 aromatic heterocycles. The fourth-order valence-corrected chi connectivity index (χ4v) is 1.73. The van der Waals surface area contributed by atoms with E-state index in [0.717, 1.165) is 5.56 Å². The molecule has 17 heavy (non-hydrogen) atoms. The molecule has 0 bridgehead atoms. The minimum absolute atomic E-state index is 0.116. The fraction of sp³-hybridized carbons (Fsp3) is 0.182. The number of hydrogen-bond acceptors (Lipinski definition) is 3. The van der Waals surface area contributed by atoms with Gasteiger partial charge in [0.1, 0.15) is 0 Å². The Bertz CT molecular complexity index is 619. The summed E-state index contributed by atoms with van der Waals surface area (Å²) in [5.74, 6) is 0. The van der Waals surface area contributed by atoms with Gasteiger partial charge in [-0.15, -0.1) is 0 Å². The first-order valence-corrected chi connectivity index (χ1v) is 5.87. The molecule has 0 aliphatic rings. The molecule has 1 N–H and O–H groups in total. The van der Waals surface area contributed by atoms with Gasteiger partial charge in [-0.3, -0.25) is 9.78 Å². The second kappa shape index (κ2) is 5.09. The number of halogens is 1. The average molecular weight is 296 g/mol. The summed E-state index contributed by atoms with van der Waals surface area (Å²) < 4.78 is 1.35. The number of benzene rings is 1. The first-order valence-electron chi connectivity index (χ1n) is 5.07. The van der Waals surface area contributed by atoms with E-state index in [1.807, 2.05) is 30.3 Å². The van der Waals surface area contributed by atoms with Crippen molar-refractivity contribution in [2.45, 2.75) is 13.0 Å². The van der Waals surface area contributed by atoms with Gasteiger partial charge < -0.3 is 0 Å². The first-order chi connectivity index (χ1) is 8.16. The zero-order valence-electron chi connectivity index (χ0n) is 8.89. The molecule has 0 aliphatic heterocycles. The SMILES string of the molecule is O=c1[nH]c(=O)n(CCc2ccccc2)nc1Br. The van der Waals surface area contributed by atoms with Gasteiger partial charge >= 0.3 is 5.69 Å². The average Bonchev–Trinajstić information content (AvgIpc) is 2.33. The molecule has 0 aliphatic carbocycles. The highest BCUT2D eigenvalue weighted by Crippen LogP contribution is 2.00. The van der Waals surface area contributed by atoms with Crippen molar-refractivity contribution in [3.05, 3.63) is 61.3 Å². The third-order valence-electron chi connectivity index (χ3n) is 2.31. The van der Waals surface area contributed by atoms with E-state index < -0.39 is 11.2 Å². The van der Waals surface area contributed by atoms with Crippen LogP contribution in [0.1, 0.15) is 5.56 Å². The van der Waals surface area contributed by atoms with Crippen LogP contribution in [0, 0.1) is 0 Å². The van der Waals surface area contributed by atoms with Crippen LogP contribution >= 0.6 is 15.9 Å². The molecule has 6 heteroatoms. The molecule has 0 atom stereocenters. The molecule has 1 aromatic carbocycles. The Morgan fingerprint density at radius 3 is 2.65 bits per heavy atom. The summed E-state index contributed by atoms with van der Waals surface area (Å²) in [6, 6.07) is 9.77. The van der Waals surface area contributed by atoms with Crippen molar-refractivity contribution in [2.24, 2.45) is 0 Å². The van der Waals surface area contributed by atoms with E-state index in [4.69, 9.17) is 0 Å². The zero-order valence-corrected chi connectivity index (χ0v) is 10.5. The van der Waals surface area contributed by atoms with E-state index in [9.17, 15) is 9.59 Å². The molecular weight excluding hydrogens is 286 g/mol. The summed E-state index contributed by atoms with van der Waals surface area (Å²) in [6.07, 6.45) is 0.687. The van der Waals surface area contributed by atoms with Crippen molar-refractivity contribution in [3.63, 3.8) is 0 Å². The van der Waals surface area contributed by atoms with E-state index >= 15 is 0 Å². The molecule has 0 saturated heterocycles. The predicted octanol–water partition coefficient (Wildman–Crippen LogP) is 0.937. The maximum atomic E-state index is 11.4. The Labute approximate surface area is 105 Å². The maximum absolute atomic E-state index is 11.4. The van der Waals surface area contributed by atoms with E-state index in [0.29, 0.717) is 13.0 Å². The number of nitrogens with one attached hydrogen (secondary N) is 1. The minimum atomic E-state index is -0.508. The van der Waals surface area contributed by atoms with Gasteiger partial charge in [0.05, 0.1) is 6.54 Å². The standard InChI is InChI=1S/C11H10BrN3O2/c12-9-10(16)13-11(17)15(14-9)7-6-8-4-2-1-3-5-8/h1-5H,6-7H2,(H,13,16,17). The summed E-state index contributed by atoms with van der Waals surface area (Å²) in [6.45, 7) is 0.429. The lowest BCUT2D eigenvalue weighted by molar-refractivity contribution is 0.548. The smallest absolute Gasteiger partial charge is 0.270 e. The lowest BCUT2D eigenvalue weighted by Gasteiger charge is -2.03. The van der Waals surface area contributed by atoms with Crippen molar-refractivity contribution >= 4 is 15.9 Å². The number of nitrogens with zero attached hydrogens (tertiary/aromatic N) is 2. The molecule has 5 nitrogen and oxygen atoms in total. The molecule has 0 saturated carbocycles. The predicted molar refractivity (Wildman–Crippen MR) is 67.0 cm³/mol. The molecule has 0 radical (unpaired) electrons. The molecule has 88 valence electrons. The number of H-pyrrole nitrogens is 1. The number of hydrogen-bond donors (Lipinski definition) is 1. The van der Waals surface area contributed by atoms with Crippen LogP contribution in [0.5, 0.6) is 0 Å². The fourth-order valence-electron chi connectivity index (χ4n) is 1.44. The molecule has 0 spiro atoms. The quantitative estimate of drug-likeness (QED) is 0.916. The molecule has 0 unspecified atom stereocenters. The number of aromatic nitrogens is 3. The summed E-state index contributed by atoms with van der Waals surface area (Å²) in [5, 5.41) is 3.86. The highest BCUT2D eigenvalue weighted by Gasteiger charge is 2.03. The van der Waals surface area contributed by atoms with E-state index in [1.54, 1.807) is 0 Å². The van der Waals surface area contributed by atoms with E-state index in [-0.39, 0.29) is 4.60 Å². The lowest BCUT2D eigenvalue weighted by Crippen LogP contribution is -2.33. The van der Waals surface area contributed by atoms with Gasteiger partial charge in [0.15, 0.2) is 4.60 Å². The van der Waals surface area contributed by atoms with Gasteiger partial charge in [-0.2, -0.15) is 5.10 Å². The van der Waals surface area contributed by atoms with Crippen LogP contribution in [0.4, 0.5) is 0 Å². The van der Waals surface area contributed by atoms with Gasteiger partial charge in [0, 0.05) is 0 Å². The molecule has 2 aromatic rings. The summed E-state index contributed by atoms with van der Waals surface area (Å²) in [5.41, 5.74) is 0.114. The Morgan fingerprint density at radius 2 is 1.94 bits per heavy atom. The van der Waals surface area contributed by atoms with Gasteiger partial charge in [0.2, 0.25) is 0 Å². The topological polar surface area (TPSA) is 67.8 Å². The Balaban J connectivity index is 2.18. The second-order valence-electron chi connectivity index (χ2n) is 3.51. The minimum Gasteiger partial charge on any atom is -0.270 e. The van der Waals surface area contributed by atoms with E-state index in [1.165, 1.54) is 4.68 Å². The molecule has 2 rings (SSSR count). The van der Waals surface area contributed by atoms with Crippen LogP contribution in [0.3, 0.4) is 0 Å². The molecule has 0 fully saturated rings. The largest absolute Gasteiger partial charge is 0.344 e. The highest BCUT2D eigenvalue weighted by molar-refractivity contribution is 9.10. The Hall–Kier alpha value is -1.69. The zero-order chi connectivity index (χ0) is 12.3. The van der Waals surface area contributed by atoms with Crippen LogP contribution in [0.2, 0.25) is 0 Å². The van der Waals surface area contributed by atoms with Crippen molar-refractivity contribution in [1.29, 1.82) is 0 Å². The summed E-state index contributed by atoms with van der Waals surface area (Å²) >= 11 is 2.99. The molecule has 1 heterocycles. The van der Waals surface area contributed by atoms with Crippen LogP contribution in [-0.2, 0) is 13.0 Å². The second-order valence-corrected chi connectivity index (χ2v) is 4.26. The molecule has 0 amide bonds. The van der Waals surface area contributed by atoms with Gasteiger partial charge in [-0.05, 0) is 27.9 Å². The number of rotatable bonds is 3. The van der Waals surface area contributed by atoms with Crippen molar-refractivity contribution in [3.8, 4) is 0 Å². The van der Waals surface area contributed by atoms with E-state index in [2.05, 4.69) is 26.0 Å². The number of aryl methyl sites for hydroxylation is 2. The van der Waals surface area contributed by atoms with Gasteiger partial charge in [0.25, 0.3) is 5.56 Å². The third kappa shape index (κ3) is 2.91. The van der Waals surface area contributed by atoms with Crippen LogP contribution in [0.25, 0.3) is 0 Å². The summed E-state index contributed by atoms with van der Waals surface area (Å²) in [7, 11) is 0. The van der Waals surface area contributed by atoms with Gasteiger partial charge in [-0.1, -0.05) is 30.3 Å². The Morgan fingerprint density at radius 1 is 1.24 bits per heavy atom.